The van der Waals surface area contributed by atoms with Crippen molar-refractivity contribution in [3.63, 3.8) is 0 Å². The number of hydrogen-bond donors (Lipinski definition) is 1. The molecule has 0 unspecified atom stereocenters. The molecule has 0 bridgehead atoms. The largest absolute Gasteiger partial charge is 0.339 e. The van der Waals surface area contributed by atoms with Gasteiger partial charge in [-0.15, -0.1) is 11.3 Å². The third-order valence-electron chi connectivity index (χ3n) is 6.05. The van der Waals surface area contributed by atoms with Gasteiger partial charge in [0.05, 0.1) is 16.6 Å². The molecule has 0 saturated heterocycles. The van der Waals surface area contributed by atoms with Crippen LogP contribution in [0.25, 0.3) is 10.2 Å². The molecule has 0 aliphatic heterocycles. The van der Waals surface area contributed by atoms with Gasteiger partial charge in [0.15, 0.2) is 0 Å². The zero-order chi connectivity index (χ0) is 22.1. The number of carbonyl (C=O) groups excluding carboxylic acids is 2. The highest BCUT2D eigenvalue weighted by atomic mass is 32.1. The van der Waals surface area contributed by atoms with Crippen molar-refractivity contribution in [1.82, 2.24) is 14.5 Å². The highest BCUT2D eigenvalue weighted by Crippen LogP contribution is 2.28. The molecule has 1 fully saturated rings. The maximum atomic E-state index is 12.8. The highest BCUT2D eigenvalue weighted by Gasteiger charge is 2.23. The van der Waals surface area contributed by atoms with Crippen LogP contribution >= 0.6 is 11.3 Å². The average Bonchev–Trinajstić information content (AvgIpc) is 3.13. The summed E-state index contributed by atoms with van der Waals surface area (Å²) < 4.78 is 1.41. The van der Waals surface area contributed by atoms with Crippen molar-refractivity contribution in [2.24, 2.45) is 7.05 Å². The third-order valence-corrected chi connectivity index (χ3v) is 7.25. The smallest absolute Gasteiger partial charge is 0.266 e. The van der Waals surface area contributed by atoms with E-state index in [1.165, 1.54) is 41.5 Å². The quantitative estimate of drug-likeness (QED) is 0.668. The molecule has 0 atom stereocenters. The van der Waals surface area contributed by atoms with Crippen molar-refractivity contribution < 1.29 is 9.59 Å². The standard InChI is InChI=1S/C23H26N4O3S/c1-14-18-21(24-13-26(2)23(18)30)31-19(14)20(28)25-16-11-9-15(10-12-16)22(29)27(3)17-7-5-4-6-8-17/h9-13,17H,4-8H2,1-3H3,(H,25,28). The first-order valence-corrected chi connectivity index (χ1v) is 11.3. The van der Waals surface area contributed by atoms with E-state index in [1.807, 2.05) is 11.9 Å². The SMILES string of the molecule is Cc1c(C(=O)Nc2ccc(C(=O)N(C)C3CCCCC3)cc2)sc2ncn(C)c(=O)c12. The Labute approximate surface area is 184 Å². The fraction of sp³-hybridized carbons (Fsp3) is 0.391. The van der Waals surface area contributed by atoms with Crippen LogP contribution in [0.1, 0.15) is 57.7 Å². The molecule has 0 radical (unpaired) electrons. The van der Waals surface area contributed by atoms with Crippen molar-refractivity contribution in [1.29, 1.82) is 0 Å². The molecule has 1 aliphatic carbocycles. The Morgan fingerprint density at radius 1 is 1.16 bits per heavy atom. The Morgan fingerprint density at radius 3 is 2.52 bits per heavy atom. The van der Waals surface area contributed by atoms with Crippen LogP contribution in [-0.2, 0) is 7.05 Å². The Morgan fingerprint density at radius 2 is 1.84 bits per heavy atom. The first-order chi connectivity index (χ1) is 14.9. The molecule has 2 aromatic heterocycles. The predicted octanol–water partition coefficient (Wildman–Crippen LogP) is 3.96. The van der Waals surface area contributed by atoms with Gasteiger partial charge in [-0.25, -0.2) is 4.98 Å². The van der Waals surface area contributed by atoms with Gasteiger partial charge < -0.3 is 14.8 Å². The van der Waals surface area contributed by atoms with Gasteiger partial charge in [0.2, 0.25) is 0 Å². The van der Waals surface area contributed by atoms with E-state index >= 15 is 0 Å². The van der Waals surface area contributed by atoms with Gasteiger partial charge in [0.25, 0.3) is 17.4 Å². The summed E-state index contributed by atoms with van der Waals surface area (Å²) in [6.45, 7) is 1.76. The second kappa shape index (κ2) is 8.63. The van der Waals surface area contributed by atoms with Crippen LogP contribution in [0.4, 0.5) is 5.69 Å². The zero-order valence-corrected chi connectivity index (χ0v) is 18.8. The summed E-state index contributed by atoms with van der Waals surface area (Å²) in [5, 5.41) is 3.34. The van der Waals surface area contributed by atoms with Gasteiger partial charge in [-0.05, 0) is 49.6 Å². The number of nitrogens with one attached hydrogen (secondary N) is 1. The molecule has 1 N–H and O–H groups in total. The topological polar surface area (TPSA) is 84.3 Å². The van der Waals surface area contributed by atoms with E-state index in [4.69, 9.17) is 0 Å². The number of thiophene rings is 1. The van der Waals surface area contributed by atoms with Crippen molar-refractivity contribution in [3.05, 3.63) is 57.0 Å². The predicted molar refractivity (Wildman–Crippen MR) is 123 cm³/mol. The number of anilines is 1. The number of amides is 2. The lowest BCUT2D eigenvalue weighted by Crippen LogP contribution is -2.38. The number of nitrogens with zero attached hydrogens (tertiary/aromatic N) is 3. The lowest BCUT2D eigenvalue weighted by Gasteiger charge is -2.31. The Balaban J connectivity index is 1.49. The minimum atomic E-state index is -0.291. The Bertz CT molecular complexity index is 1190. The van der Waals surface area contributed by atoms with Crippen LogP contribution < -0.4 is 10.9 Å². The molecular weight excluding hydrogens is 412 g/mol. The van der Waals surface area contributed by atoms with Crippen molar-refractivity contribution >= 4 is 39.1 Å². The van der Waals surface area contributed by atoms with Crippen LogP contribution in [0.3, 0.4) is 0 Å². The van der Waals surface area contributed by atoms with Gasteiger partial charge in [-0.3, -0.25) is 14.4 Å². The fourth-order valence-corrected chi connectivity index (χ4v) is 5.18. The van der Waals surface area contributed by atoms with E-state index in [9.17, 15) is 14.4 Å². The van der Waals surface area contributed by atoms with E-state index in [1.54, 1.807) is 38.2 Å². The molecule has 4 rings (SSSR count). The average molecular weight is 439 g/mol. The maximum absolute atomic E-state index is 12.8. The molecule has 1 saturated carbocycles. The molecule has 162 valence electrons. The second-order valence-corrected chi connectivity index (χ2v) is 9.14. The van der Waals surface area contributed by atoms with Crippen LogP contribution in [0.5, 0.6) is 0 Å². The lowest BCUT2D eigenvalue weighted by molar-refractivity contribution is 0.0696. The van der Waals surface area contributed by atoms with E-state index < -0.39 is 0 Å². The van der Waals surface area contributed by atoms with E-state index in [0.717, 1.165) is 12.8 Å². The molecule has 7 nitrogen and oxygen atoms in total. The van der Waals surface area contributed by atoms with Crippen LogP contribution in [0.2, 0.25) is 0 Å². The fourth-order valence-electron chi connectivity index (χ4n) is 4.15. The van der Waals surface area contributed by atoms with Crippen molar-refractivity contribution in [3.8, 4) is 0 Å². The van der Waals surface area contributed by atoms with Crippen molar-refractivity contribution in [2.75, 3.05) is 12.4 Å². The van der Waals surface area contributed by atoms with Gasteiger partial charge in [0.1, 0.15) is 4.83 Å². The zero-order valence-electron chi connectivity index (χ0n) is 18.0. The number of carbonyl (C=O) groups is 2. The van der Waals surface area contributed by atoms with Crippen molar-refractivity contribution in [2.45, 2.75) is 45.1 Å². The Hall–Kier alpha value is -3.00. The number of rotatable bonds is 4. The van der Waals surface area contributed by atoms with Gasteiger partial charge in [-0.2, -0.15) is 0 Å². The normalized spacial score (nSPS) is 14.5. The summed E-state index contributed by atoms with van der Waals surface area (Å²) in [6.07, 6.45) is 7.17. The van der Waals surface area contributed by atoms with E-state index in [2.05, 4.69) is 10.3 Å². The van der Waals surface area contributed by atoms with Crippen LogP contribution in [0, 0.1) is 6.92 Å². The number of aromatic nitrogens is 2. The second-order valence-electron chi connectivity index (χ2n) is 8.14. The molecule has 2 amide bonds. The first-order valence-electron chi connectivity index (χ1n) is 10.5. The molecule has 1 aromatic carbocycles. The summed E-state index contributed by atoms with van der Waals surface area (Å²) >= 11 is 1.20. The summed E-state index contributed by atoms with van der Waals surface area (Å²) in [7, 11) is 3.51. The Kier molecular flexibility index (Phi) is 5.91. The summed E-state index contributed by atoms with van der Waals surface area (Å²) in [6, 6.07) is 7.26. The monoisotopic (exact) mass is 438 g/mol. The first kappa shape index (κ1) is 21.2. The lowest BCUT2D eigenvalue weighted by atomic mass is 9.94. The third kappa shape index (κ3) is 4.12. The number of benzene rings is 1. The minimum absolute atomic E-state index is 0.00652. The molecule has 0 spiro atoms. The van der Waals surface area contributed by atoms with Gasteiger partial charge in [0, 0.05) is 31.4 Å². The van der Waals surface area contributed by atoms with Gasteiger partial charge >= 0.3 is 0 Å². The molecule has 1 aliphatic rings. The van der Waals surface area contributed by atoms with E-state index in [-0.39, 0.29) is 17.4 Å². The molecule has 8 heteroatoms. The number of fused-ring (bicyclic) bond motifs is 1. The molecule has 3 aromatic rings. The molecule has 2 heterocycles. The minimum Gasteiger partial charge on any atom is -0.339 e. The number of hydrogen-bond acceptors (Lipinski definition) is 5. The van der Waals surface area contributed by atoms with E-state index in [0.29, 0.717) is 37.9 Å². The highest BCUT2D eigenvalue weighted by molar-refractivity contribution is 7.20. The molecular formula is C23H26N4O3S. The van der Waals surface area contributed by atoms with Crippen LogP contribution in [-0.4, -0.2) is 39.4 Å². The maximum Gasteiger partial charge on any atom is 0.266 e. The van der Waals surface area contributed by atoms with Crippen LogP contribution in [0.15, 0.2) is 35.4 Å². The summed E-state index contributed by atoms with van der Waals surface area (Å²) in [5.74, 6) is -0.284. The summed E-state index contributed by atoms with van der Waals surface area (Å²) in [5.41, 5.74) is 1.67. The van der Waals surface area contributed by atoms with Gasteiger partial charge in [-0.1, -0.05) is 19.3 Å². The summed E-state index contributed by atoms with van der Waals surface area (Å²) in [4.78, 5) is 45.1. The number of aryl methyl sites for hydroxylation is 2. The molecule has 31 heavy (non-hydrogen) atoms.